The Morgan fingerprint density at radius 1 is 0.607 bits per heavy atom. The minimum absolute atomic E-state index is 0. The zero-order chi connectivity index (χ0) is 19.0. The Morgan fingerprint density at radius 2 is 0.893 bits per heavy atom. The van der Waals surface area contributed by atoms with E-state index < -0.39 is 0 Å². The number of nitrogens with zero attached hydrogens (tertiary/aromatic N) is 2. The van der Waals surface area contributed by atoms with E-state index in [1.165, 1.54) is 17.2 Å². The molecule has 3 nitrogen and oxygen atoms in total. The van der Waals surface area contributed by atoms with Crippen molar-refractivity contribution in [3.63, 3.8) is 0 Å². The highest BCUT2D eigenvalue weighted by Gasteiger charge is 1.87. The van der Waals surface area contributed by atoms with Gasteiger partial charge < -0.3 is 5.11 Å². The van der Waals surface area contributed by atoms with E-state index in [1.54, 1.807) is 6.92 Å². The summed E-state index contributed by atoms with van der Waals surface area (Å²) < 4.78 is 0. The number of hydrogen-bond donors (Lipinski definition) is 1. The van der Waals surface area contributed by atoms with Gasteiger partial charge in [0, 0.05) is 29.8 Å². The molecular weight excluding hydrogens is 344 g/mol. The molecule has 2 aromatic heterocycles. The van der Waals surface area contributed by atoms with E-state index in [0.29, 0.717) is 0 Å². The predicted octanol–water partition coefficient (Wildman–Crippen LogP) is 7.16. The summed E-state index contributed by atoms with van der Waals surface area (Å²) in [5.74, 6) is 0. The standard InChI is InChI=1S/2C9H7N.C3H8.C2H6O.2CH4/c2*1-2-6-9-8(4-1)5-3-7-10-9;1-3-2;1-2-3;;/h2*1-7H;3H2,1-2H3;3H,2H2,1H3;2*1H4. The van der Waals surface area contributed by atoms with Gasteiger partial charge in [-0.05, 0) is 31.2 Å². The van der Waals surface area contributed by atoms with Crippen molar-refractivity contribution in [2.24, 2.45) is 0 Å². The number of aromatic nitrogens is 2. The van der Waals surface area contributed by atoms with Gasteiger partial charge >= 0.3 is 0 Å². The smallest absolute Gasteiger partial charge is 0.0701 e. The lowest BCUT2D eigenvalue weighted by Crippen LogP contribution is -1.73. The fraction of sp³-hybridized carbons (Fsp3) is 0.280. The molecule has 0 saturated carbocycles. The Labute approximate surface area is 171 Å². The molecule has 0 aliphatic carbocycles. The number of aliphatic hydroxyl groups is 1. The first-order chi connectivity index (χ1) is 12.8. The van der Waals surface area contributed by atoms with Gasteiger partial charge in [0.1, 0.15) is 0 Å². The van der Waals surface area contributed by atoms with Gasteiger partial charge in [-0.25, -0.2) is 0 Å². The Morgan fingerprint density at radius 3 is 1.21 bits per heavy atom. The van der Waals surface area contributed by atoms with Crippen molar-refractivity contribution < 1.29 is 5.11 Å². The number of aliphatic hydroxyl groups excluding tert-OH is 1. The normalized spacial score (nSPS) is 8.43. The number of para-hydroxylation sites is 2. The molecule has 0 unspecified atom stereocenters. The third kappa shape index (κ3) is 10.4. The first-order valence-corrected chi connectivity index (χ1v) is 8.97. The van der Waals surface area contributed by atoms with E-state index >= 15 is 0 Å². The zero-order valence-electron chi connectivity index (χ0n) is 15.8. The van der Waals surface area contributed by atoms with Crippen LogP contribution in [0.1, 0.15) is 42.0 Å². The van der Waals surface area contributed by atoms with Gasteiger partial charge in [0.15, 0.2) is 0 Å². The molecule has 0 bridgehead atoms. The van der Waals surface area contributed by atoms with Crippen LogP contribution in [0.5, 0.6) is 0 Å². The summed E-state index contributed by atoms with van der Waals surface area (Å²) >= 11 is 0. The lowest BCUT2D eigenvalue weighted by atomic mass is 10.2. The topological polar surface area (TPSA) is 46.0 Å². The molecular formula is C25H36N2O. The van der Waals surface area contributed by atoms with Crippen LogP contribution in [0.2, 0.25) is 0 Å². The largest absolute Gasteiger partial charge is 0.397 e. The maximum absolute atomic E-state index is 7.57. The number of rotatable bonds is 0. The second-order valence-electron chi connectivity index (χ2n) is 5.42. The Kier molecular flexibility index (Phi) is 17.3. The highest BCUT2D eigenvalue weighted by molar-refractivity contribution is 5.78. The first-order valence-electron chi connectivity index (χ1n) is 8.97. The molecule has 2 aromatic carbocycles. The molecule has 2 heterocycles. The van der Waals surface area contributed by atoms with Gasteiger partial charge in [-0.1, -0.05) is 83.7 Å². The SMILES string of the molecule is C.C.CCC.CCO.c1ccc2ncccc2c1.c1ccc2ncccc2c1. The average molecular weight is 381 g/mol. The molecule has 3 heteroatoms. The van der Waals surface area contributed by atoms with Crippen molar-refractivity contribution in [1.82, 2.24) is 9.97 Å². The van der Waals surface area contributed by atoms with Crippen LogP contribution < -0.4 is 0 Å². The maximum atomic E-state index is 7.57. The van der Waals surface area contributed by atoms with Crippen molar-refractivity contribution in [1.29, 1.82) is 0 Å². The summed E-state index contributed by atoms with van der Waals surface area (Å²) in [5.41, 5.74) is 2.12. The van der Waals surface area contributed by atoms with Crippen LogP contribution in [0.3, 0.4) is 0 Å². The second kappa shape index (κ2) is 17.6. The van der Waals surface area contributed by atoms with E-state index in [-0.39, 0.29) is 21.5 Å². The minimum atomic E-state index is 0. The van der Waals surface area contributed by atoms with Gasteiger partial charge in [0.2, 0.25) is 0 Å². The van der Waals surface area contributed by atoms with Crippen molar-refractivity contribution in [3.8, 4) is 0 Å². The van der Waals surface area contributed by atoms with Crippen molar-refractivity contribution >= 4 is 21.8 Å². The van der Waals surface area contributed by atoms with Gasteiger partial charge in [0.25, 0.3) is 0 Å². The Hall–Kier alpha value is -2.78. The van der Waals surface area contributed by atoms with Crippen molar-refractivity contribution in [2.75, 3.05) is 6.61 Å². The molecule has 4 aromatic rings. The molecule has 4 rings (SSSR count). The van der Waals surface area contributed by atoms with Crippen molar-refractivity contribution in [3.05, 3.63) is 85.2 Å². The molecule has 152 valence electrons. The molecule has 1 N–H and O–H groups in total. The van der Waals surface area contributed by atoms with Crippen LogP contribution in [0.4, 0.5) is 0 Å². The van der Waals surface area contributed by atoms with Crippen LogP contribution in [0.15, 0.2) is 85.2 Å². The van der Waals surface area contributed by atoms with Crippen molar-refractivity contribution in [2.45, 2.75) is 42.0 Å². The van der Waals surface area contributed by atoms with Gasteiger partial charge in [-0.3, -0.25) is 9.97 Å². The third-order valence-corrected chi connectivity index (χ3v) is 3.02. The lowest BCUT2D eigenvalue weighted by Gasteiger charge is -1.91. The van der Waals surface area contributed by atoms with Crippen LogP contribution in [0, 0.1) is 0 Å². The maximum Gasteiger partial charge on any atom is 0.0701 e. The number of hydrogen-bond acceptors (Lipinski definition) is 3. The van der Waals surface area contributed by atoms with E-state index in [1.807, 2.05) is 60.9 Å². The molecule has 0 aliphatic rings. The zero-order valence-corrected chi connectivity index (χ0v) is 15.8. The molecule has 0 fully saturated rings. The molecule has 0 amide bonds. The first kappa shape index (κ1) is 27.4. The molecule has 0 saturated heterocycles. The van der Waals surface area contributed by atoms with Crippen LogP contribution in [-0.4, -0.2) is 21.7 Å². The molecule has 0 aliphatic heterocycles. The van der Waals surface area contributed by atoms with E-state index in [4.69, 9.17) is 5.11 Å². The summed E-state index contributed by atoms with van der Waals surface area (Å²) in [6.07, 6.45) is 4.87. The summed E-state index contributed by atoms with van der Waals surface area (Å²) in [5, 5.41) is 9.97. The second-order valence-corrected chi connectivity index (χ2v) is 5.42. The quantitative estimate of drug-likeness (QED) is 0.352. The van der Waals surface area contributed by atoms with Gasteiger partial charge in [-0.15, -0.1) is 0 Å². The lowest BCUT2D eigenvalue weighted by molar-refractivity contribution is 0.318. The molecule has 0 radical (unpaired) electrons. The fourth-order valence-electron chi connectivity index (χ4n) is 2.03. The van der Waals surface area contributed by atoms with Crippen LogP contribution in [0.25, 0.3) is 21.8 Å². The third-order valence-electron chi connectivity index (χ3n) is 3.02. The molecule has 28 heavy (non-hydrogen) atoms. The number of fused-ring (bicyclic) bond motifs is 2. The highest BCUT2D eigenvalue weighted by Crippen LogP contribution is 2.08. The fourth-order valence-corrected chi connectivity index (χ4v) is 2.03. The van der Waals surface area contributed by atoms with Crippen LogP contribution in [-0.2, 0) is 0 Å². The van der Waals surface area contributed by atoms with Crippen LogP contribution >= 0.6 is 0 Å². The molecule has 0 spiro atoms. The monoisotopic (exact) mass is 380 g/mol. The van der Waals surface area contributed by atoms with E-state index in [0.717, 1.165) is 11.0 Å². The number of benzene rings is 2. The van der Waals surface area contributed by atoms with Gasteiger partial charge in [0.05, 0.1) is 11.0 Å². The summed E-state index contributed by atoms with van der Waals surface area (Å²) in [7, 11) is 0. The molecule has 0 atom stereocenters. The summed E-state index contributed by atoms with van der Waals surface area (Å²) in [4.78, 5) is 8.36. The Bertz CT molecular complexity index is 658. The Balaban J connectivity index is 0. The highest BCUT2D eigenvalue weighted by atomic mass is 16.2. The summed E-state index contributed by atoms with van der Waals surface area (Å²) in [6, 6.07) is 24.2. The van der Waals surface area contributed by atoms with E-state index in [9.17, 15) is 0 Å². The average Bonchev–Trinajstić information content (AvgIpc) is 2.70. The predicted molar refractivity (Wildman–Crippen MR) is 126 cm³/mol. The van der Waals surface area contributed by atoms with E-state index in [2.05, 4.69) is 48.1 Å². The van der Waals surface area contributed by atoms with Gasteiger partial charge in [-0.2, -0.15) is 0 Å². The summed E-state index contributed by atoms with van der Waals surface area (Å²) in [6.45, 7) is 6.18. The minimum Gasteiger partial charge on any atom is -0.397 e. The number of pyridine rings is 2.